The molecule has 0 saturated carbocycles. The molecule has 0 bridgehead atoms. The van der Waals surface area contributed by atoms with Crippen LogP contribution >= 0.6 is 0 Å². The van der Waals surface area contributed by atoms with Crippen molar-refractivity contribution in [2.24, 2.45) is 0 Å². The lowest BCUT2D eigenvalue weighted by molar-refractivity contribution is 0.00704. The zero-order valence-corrected chi connectivity index (χ0v) is 21.4. The molecule has 35 heavy (non-hydrogen) atoms. The van der Waals surface area contributed by atoms with Crippen LogP contribution in [0.2, 0.25) is 0 Å². The predicted octanol–water partition coefficient (Wildman–Crippen LogP) is 7.09. The molecule has 5 heteroatoms. The Balaban J connectivity index is 1.64. The number of carbonyl (C=O) groups excluding carboxylic acids is 1. The van der Waals surface area contributed by atoms with Crippen LogP contribution in [0.3, 0.4) is 0 Å². The number of carbonyl (C=O) groups is 1. The summed E-state index contributed by atoms with van der Waals surface area (Å²) in [5.41, 5.74) is 6.35. The molecule has 0 fully saturated rings. The standard InChI is InChI=1S/C30H35N3O2/c1-6-7-12-28-32-26-18-17-23(31-5)19-27(26)33(28)20-21-13-15-22(16-14-21)24-10-8-9-11-25(24)29(34)35-30(2,3)4/h8-11,13-19,31H,6-7,12,20H2,1-5H3. The fourth-order valence-electron chi connectivity index (χ4n) is 4.25. The summed E-state index contributed by atoms with van der Waals surface area (Å²) in [5, 5.41) is 3.24. The van der Waals surface area contributed by atoms with Gasteiger partial charge in [-0.1, -0.05) is 55.8 Å². The van der Waals surface area contributed by atoms with E-state index in [1.54, 1.807) is 0 Å². The molecule has 182 valence electrons. The number of anilines is 1. The van der Waals surface area contributed by atoms with E-state index < -0.39 is 5.60 Å². The fourth-order valence-corrected chi connectivity index (χ4v) is 4.25. The van der Waals surface area contributed by atoms with Crippen LogP contribution in [-0.4, -0.2) is 28.2 Å². The lowest BCUT2D eigenvalue weighted by Crippen LogP contribution is -2.24. The second-order valence-corrected chi connectivity index (χ2v) is 9.92. The zero-order valence-electron chi connectivity index (χ0n) is 21.4. The molecule has 1 heterocycles. The third-order valence-electron chi connectivity index (χ3n) is 6.02. The van der Waals surface area contributed by atoms with E-state index in [1.807, 2.05) is 52.1 Å². The highest BCUT2D eigenvalue weighted by atomic mass is 16.6. The molecule has 0 saturated heterocycles. The topological polar surface area (TPSA) is 56.2 Å². The molecule has 1 N–H and O–H groups in total. The number of ether oxygens (including phenoxy) is 1. The van der Waals surface area contributed by atoms with Crippen LogP contribution in [0.4, 0.5) is 5.69 Å². The number of aromatic nitrogens is 2. The molecule has 0 atom stereocenters. The highest BCUT2D eigenvalue weighted by Crippen LogP contribution is 2.27. The van der Waals surface area contributed by atoms with Gasteiger partial charge in [0, 0.05) is 25.7 Å². The first-order chi connectivity index (χ1) is 16.8. The maximum atomic E-state index is 12.8. The second kappa shape index (κ2) is 10.3. The van der Waals surface area contributed by atoms with Crippen molar-refractivity contribution < 1.29 is 9.53 Å². The molecule has 1 aromatic heterocycles. The molecular formula is C30H35N3O2. The monoisotopic (exact) mass is 469 g/mol. The highest BCUT2D eigenvalue weighted by molar-refractivity contribution is 5.97. The van der Waals surface area contributed by atoms with Gasteiger partial charge < -0.3 is 14.6 Å². The predicted molar refractivity (Wildman–Crippen MR) is 144 cm³/mol. The minimum absolute atomic E-state index is 0.303. The zero-order chi connectivity index (χ0) is 25.0. The lowest BCUT2D eigenvalue weighted by Gasteiger charge is -2.20. The minimum Gasteiger partial charge on any atom is -0.456 e. The van der Waals surface area contributed by atoms with Crippen LogP contribution in [0.1, 0.15) is 62.3 Å². The molecule has 3 aromatic carbocycles. The van der Waals surface area contributed by atoms with Crippen LogP contribution in [0, 0.1) is 0 Å². The average molecular weight is 470 g/mol. The molecule has 4 aromatic rings. The fraction of sp³-hybridized carbons (Fsp3) is 0.333. The molecule has 0 spiro atoms. The minimum atomic E-state index is -0.537. The quantitative estimate of drug-likeness (QED) is 0.280. The summed E-state index contributed by atoms with van der Waals surface area (Å²) in [6, 6.07) is 22.4. The summed E-state index contributed by atoms with van der Waals surface area (Å²) < 4.78 is 7.96. The summed E-state index contributed by atoms with van der Waals surface area (Å²) in [6.45, 7) is 8.61. The van der Waals surface area contributed by atoms with Gasteiger partial charge >= 0.3 is 5.97 Å². The number of nitrogens with one attached hydrogen (secondary N) is 1. The molecule has 0 aliphatic heterocycles. The van der Waals surface area contributed by atoms with Crippen LogP contribution in [-0.2, 0) is 17.7 Å². The molecular weight excluding hydrogens is 434 g/mol. The van der Waals surface area contributed by atoms with E-state index in [0.29, 0.717) is 5.56 Å². The Hall–Kier alpha value is -3.60. The normalized spacial score (nSPS) is 11.6. The Morgan fingerprint density at radius 2 is 1.77 bits per heavy atom. The van der Waals surface area contributed by atoms with Gasteiger partial charge in [0.05, 0.1) is 16.6 Å². The number of benzene rings is 3. The number of aryl methyl sites for hydroxylation is 1. The van der Waals surface area contributed by atoms with Crippen molar-refractivity contribution in [3.63, 3.8) is 0 Å². The number of esters is 1. The highest BCUT2D eigenvalue weighted by Gasteiger charge is 2.20. The first-order valence-corrected chi connectivity index (χ1v) is 12.4. The average Bonchev–Trinajstić information content (AvgIpc) is 3.18. The Morgan fingerprint density at radius 1 is 1.03 bits per heavy atom. The summed E-state index contributed by atoms with van der Waals surface area (Å²) in [6.07, 6.45) is 3.21. The SMILES string of the molecule is CCCCc1nc2ccc(NC)cc2n1Cc1ccc(-c2ccccc2C(=O)OC(C)(C)C)cc1. The van der Waals surface area contributed by atoms with Gasteiger partial charge in [-0.3, -0.25) is 0 Å². The van der Waals surface area contributed by atoms with E-state index in [1.165, 1.54) is 5.56 Å². The van der Waals surface area contributed by atoms with Crippen molar-refractivity contribution >= 4 is 22.7 Å². The van der Waals surface area contributed by atoms with Gasteiger partial charge in [-0.15, -0.1) is 0 Å². The van der Waals surface area contributed by atoms with Crippen molar-refractivity contribution in [3.05, 3.63) is 83.7 Å². The van der Waals surface area contributed by atoms with E-state index in [2.05, 4.69) is 59.3 Å². The summed E-state index contributed by atoms with van der Waals surface area (Å²) >= 11 is 0. The Bertz CT molecular complexity index is 1310. The molecule has 0 radical (unpaired) electrons. The van der Waals surface area contributed by atoms with Gasteiger partial charge in [-0.2, -0.15) is 0 Å². The number of fused-ring (bicyclic) bond motifs is 1. The number of rotatable bonds is 8. The Kier molecular flexibility index (Phi) is 7.25. The van der Waals surface area contributed by atoms with Gasteiger partial charge in [0.1, 0.15) is 11.4 Å². The van der Waals surface area contributed by atoms with Gasteiger partial charge in [0.15, 0.2) is 0 Å². The molecule has 0 amide bonds. The van der Waals surface area contributed by atoms with E-state index in [4.69, 9.17) is 9.72 Å². The Morgan fingerprint density at radius 3 is 2.46 bits per heavy atom. The van der Waals surface area contributed by atoms with E-state index in [-0.39, 0.29) is 5.97 Å². The van der Waals surface area contributed by atoms with Crippen molar-refractivity contribution in [2.45, 2.75) is 59.1 Å². The van der Waals surface area contributed by atoms with Crippen LogP contribution in [0.5, 0.6) is 0 Å². The molecule has 4 rings (SSSR count). The van der Waals surface area contributed by atoms with Crippen molar-refractivity contribution in [2.75, 3.05) is 12.4 Å². The maximum Gasteiger partial charge on any atom is 0.339 e. The first kappa shape index (κ1) is 24.5. The second-order valence-electron chi connectivity index (χ2n) is 9.92. The lowest BCUT2D eigenvalue weighted by atomic mass is 9.98. The van der Waals surface area contributed by atoms with Crippen LogP contribution < -0.4 is 5.32 Å². The van der Waals surface area contributed by atoms with Gasteiger partial charge in [-0.05, 0) is 68.1 Å². The van der Waals surface area contributed by atoms with E-state index in [9.17, 15) is 4.79 Å². The maximum absolute atomic E-state index is 12.8. The van der Waals surface area contributed by atoms with Crippen molar-refractivity contribution in [3.8, 4) is 11.1 Å². The summed E-state index contributed by atoms with van der Waals surface area (Å²) in [4.78, 5) is 17.7. The largest absolute Gasteiger partial charge is 0.456 e. The van der Waals surface area contributed by atoms with Crippen LogP contribution in [0.25, 0.3) is 22.2 Å². The molecule has 0 aliphatic rings. The molecule has 0 aliphatic carbocycles. The first-order valence-electron chi connectivity index (χ1n) is 12.4. The summed E-state index contributed by atoms with van der Waals surface area (Å²) in [7, 11) is 1.94. The summed E-state index contributed by atoms with van der Waals surface area (Å²) in [5.74, 6) is 0.817. The Labute approximate surface area is 208 Å². The third kappa shape index (κ3) is 5.73. The van der Waals surface area contributed by atoms with Gasteiger partial charge in [0.2, 0.25) is 0 Å². The van der Waals surface area contributed by atoms with Gasteiger partial charge in [-0.25, -0.2) is 9.78 Å². The number of imidazole rings is 1. The number of unbranched alkanes of at least 4 members (excludes halogenated alkanes) is 1. The number of nitrogens with zero attached hydrogens (tertiary/aromatic N) is 2. The van der Waals surface area contributed by atoms with Crippen LogP contribution in [0.15, 0.2) is 66.7 Å². The number of hydrogen-bond acceptors (Lipinski definition) is 4. The molecule has 0 unspecified atom stereocenters. The third-order valence-corrected chi connectivity index (χ3v) is 6.02. The smallest absolute Gasteiger partial charge is 0.339 e. The van der Waals surface area contributed by atoms with E-state index >= 15 is 0 Å². The van der Waals surface area contributed by atoms with Crippen molar-refractivity contribution in [1.29, 1.82) is 0 Å². The molecule has 5 nitrogen and oxygen atoms in total. The van der Waals surface area contributed by atoms with Gasteiger partial charge in [0.25, 0.3) is 0 Å². The van der Waals surface area contributed by atoms with Crippen molar-refractivity contribution in [1.82, 2.24) is 9.55 Å². The number of hydrogen-bond donors (Lipinski definition) is 1. The van der Waals surface area contributed by atoms with E-state index in [0.717, 1.165) is 59.5 Å².